The van der Waals surface area contributed by atoms with Gasteiger partial charge in [-0.05, 0) is 54.1 Å². The molecule has 2 aromatic heterocycles. The summed E-state index contributed by atoms with van der Waals surface area (Å²) < 4.78 is 32.6. The lowest BCUT2D eigenvalue weighted by Gasteiger charge is -2.26. The van der Waals surface area contributed by atoms with E-state index >= 15 is 0 Å². The van der Waals surface area contributed by atoms with Crippen molar-refractivity contribution in [1.29, 1.82) is 0 Å². The lowest BCUT2D eigenvalue weighted by Crippen LogP contribution is -2.35. The van der Waals surface area contributed by atoms with Gasteiger partial charge < -0.3 is 9.32 Å². The number of carbonyl (C=O) groups excluding carboxylic acids is 1. The average Bonchev–Trinajstić information content (AvgIpc) is 3.49. The zero-order chi connectivity index (χ0) is 21.7. The van der Waals surface area contributed by atoms with Gasteiger partial charge in [0.25, 0.3) is 0 Å². The molecule has 4 rings (SSSR count). The molecular formula is C23H26N2O4S2. The van der Waals surface area contributed by atoms with E-state index in [0.717, 1.165) is 35.5 Å². The summed E-state index contributed by atoms with van der Waals surface area (Å²) >= 11 is 1.61. The molecule has 1 aromatic carbocycles. The Kier molecular flexibility index (Phi) is 6.89. The van der Waals surface area contributed by atoms with E-state index in [9.17, 15) is 13.2 Å². The molecule has 3 aromatic rings. The summed E-state index contributed by atoms with van der Waals surface area (Å²) in [5, 5.41) is 1.99. The number of amides is 1. The maximum absolute atomic E-state index is 13.1. The minimum atomic E-state index is -3.47. The fourth-order valence-corrected chi connectivity index (χ4v) is 5.97. The van der Waals surface area contributed by atoms with Gasteiger partial charge in [-0.2, -0.15) is 4.31 Å². The van der Waals surface area contributed by atoms with E-state index in [0.29, 0.717) is 26.2 Å². The lowest BCUT2D eigenvalue weighted by molar-refractivity contribution is -0.131. The minimum absolute atomic E-state index is 0.0311. The molecule has 3 heterocycles. The fourth-order valence-electron chi connectivity index (χ4n) is 3.73. The van der Waals surface area contributed by atoms with E-state index in [4.69, 9.17) is 4.42 Å². The van der Waals surface area contributed by atoms with Crippen molar-refractivity contribution in [2.75, 3.05) is 13.1 Å². The number of sulfonamides is 1. The smallest absolute Gasteiger partial charge is 0.243 e. The Morgan fingerprint density at radius 3 is 2.42 bits per heavy atom. The van der Waals surface area contributed by atoms with Crippen molar-refractivity contribution >= 4 is 27.3 Å². The highest BCUT2D eigenvalue weighted by Crippen LogP contribution is 2.22. The lowest BCUT2D eigenvalue weighted by atomic mass is 10.1. The number of piperidine rings is 1. The molecule has 1 fully saturated rings. The maximum Gasteiger partial charge on any atom is 0.243 e. The van der Waals surface area contributed by atoms with Crippen molar-refractivity contribution in [3.63, 3.8) is 0 Å². The number of hydrogen-bond acceptors (Lipinski definition) is 5. The fraction of sp³-hybridized carbons (Fsp3) is 0.348. The molecule has 0 N–H and O–H groups in total. The van der Waals surface area contributed by atoms with Crippen LogP contribution < -0.4 is 0 Å². The highest BCUT2D eigenvalue weighted by Gasteiger charge is 2.26. The van der Waals surface area contributed by atoms with Crippen LogP contribution in [0.25, 0.3) is 0 Å². The monoisotopic (exact) mass is 458 g/mol. The van der Waals surface area contributed by atoms with Crippen LogP contribution in [-0.2, 0) is 34.3 Å². The first kappa shape index (κ1) is 21.8. The maximum atomic E-state index is 13.1. The quantitative estimate of drug-likeness (QED) is 0.505. The Balaban J connectivity index is 1.45. The average molecular weight is 459 g/mol. The van der Waals surface area contributed by atoms with Crippen molar-refractivity contribution in [1.82, 2.24) is 9.21 Å². The molecular weight excluding hydrogens is 432 g/mol. The minimum Gasteiger partial charge on any atom is -0.467 e. The van der Waals surface area contributed by atoms with Gasteiger partial charge in [0.1, 0.15) is 5.76 Å². The van der Waals surface area contributed by atoms with E-state index in [2.05, 4.69) is 0 Å². The van der Waals surface area contributed by atoms with Gasteiger partial charge in [-0.1, -0.05) is 24.6 Å². The molecule has 8 heteroatoms. The summed E-state index contributed by atoms with van der Waals surface area (Å²) in [5.41, 5.74) is 0.790. The number of carbonyl (C=O) groups is 1. The molecule has 1 aliphatic heterocycles. The van der Waals surface area contributed by atoms with Crippen LogP contribution in [-0.4, -0.2) is 36.6 Å². The van der Waals surface area contributed by atoms with Crippen LogP contribution in [0.2, 0.25) is 0 Å². The Morgan fingerprint density at radius 2 is 1.77 bits per heavy atom. The summed E-state index contributed by atoms with van der Waals surface area (Å²) in [5.74, 6) is 0.698. The van der Waals surface area contributed by atoms with Gasteiger partial charge >= 0.3 is 0 Å². The largest absolute Gasteiger partial charge is 0.467 e. The highest BCUT2D eigenvalue weighted by molar-refractivity contribution is 7.89. The summed E-state index contributed by atoms with van der Waals surface area (Å²) in [6.45, 7) is 2.06. The highest BCUT2D eigenvalue weighted by atomic mass is 32.2. The zero-order valence-corrected chi connectivity index (χ0v) is 18.9. The predicted molar refractivity (Wildman–Crippen MR) is 120 cm³/mol. The third-order valence-electron chi connectivity index (χ3n) is 5.44. The van der Waals surface area contributed by atoms with Crippen LogP contribution in [0, 0.1) is 0 Å². The molecule has 164 valence electrons. The van der Waals surface area contributed by atoms with Gasteiger partial charge in [0.2, 0.25) is 15.9 Å². The first-order chi connectivity index (χ1) is 15.0. The number of furan rings is 1. The molecule has 0 atom stereocenters. The van der Waals surface area contributed by atoms with Crippen molar-refractivity contribution in [3.8, 4) is 0 Å². The van der Waals surface area contributed by atoms with Crippen LogP contribution in [0.3, 0.4) is 0 Å². The summed E-state index contributed by atoms with van der Waals surface area (Å²) in [7, 11) is -3.47. The van der Waals surface area contributed by atoms with Crippen molar-refractivity contribution in [2.24, 2.45) is 0 Å². The molecule has 0 bridgehead atoms. The molecule has 1 saturated heterocycles. The second kappa shape index (κ2) is 9.80. The molecule has 6 nitrogen and oxygen atoms in total. The normalized spacial score (nSPS) is 15.1. The van der Waals surface area contributed by atoms with E-state index in [1.165, 1.54) is 0 Å². The summed E-state index contributed by atoms with van der Waals surface area (Å²) in [4.78, 5) is 16.2. The van der Waals surface area contributed by atoms with E-state index < -0.39 is 10.0 Å². The first-order valence-electron chi connectivity index (χ1n) is 10.4. The SMILES string of the molecule is O=C(Cc1ccc(S(=O)(=O)N2CCCCC2)cc1)N(Cc1ccco1)Cc1cccs1. The topological polar surface area (TPSA) is 70.8 Å². The third kappa shape index (κ3) is 5.44. The second-order valence-electron chi connectivity index (χ2n) is 7.69. The van der Waals surface area contributed by atoms with Gasteiger partial charge in [-0.25, -0.2) is 8.42 Å². The molecule has 0 radical (unpaired) electrons. The van der Waals surface area contributed by atoms with Gasteiger partial charge in [0, 0.05) is 18.0 Å². The van der Waals surface area contributed by atoms with E-state index in [-0.39, 0.29) is 17.2 Å². The number of thiophene rings is 1. The number of nitrogens with zero attached hydrogens (tertiary/aromatic N) is 2. The molecule has 0 unspecified atom stereocenters. The summed E-state index contributed by atoms with van der Waals surface area (Å²) in [6.07, 6.45) is 4.69. The van der Waals surface area contributed by atoms with Crippen LogP contribution in [0.1, 0.15) is 35.5 Å². The van der Waals surface area contributed by atoms with Gasteiger partial charge in [0.15, 0.2) is 0 Å². The Hall–Kier alpha value is -2.42. The Bertz CT molecular complexity index is 1030. The molecule has 0 aliphatic carbocycles. The molecule has 1 aliphatic rings. The van der Waals surface area contributed by atoms with Crippen LogP contribution in [0.5, 0.6) is 0 Å². The third-order valence-corrected chi connectivity index (χ3v) is 8.21. The Labute approximate surface area is 187 Å². The number of hydrogen-bond donors (Lipinski definition) is 0. The van der Waals surface area contributed by atoms with E-state index in [1.54, 1.807) is 51.1 Å². The first-order valence-corrected chi connectivity index (χ1v) is 12.8. The molecule has 0 spiro atoms. The number of benzene rings is 1. The van der Waals surface area contributed by atoms with Gasteiger partial charge in [0.05, 0.1) is 30.7 Å². The predicted octanol–water partition coefficient (Wildman–Crippen LogP) is 4.29. The van der Waals surface area contributed by atoms with Crippen molar-refractivity contribution in [3.05, 3.63) is 76.4 Å². The summed E-state index contributed by atoms with van der Waals surface area (Å²) in [6, 6.07) is 14.4. The van der Waals surface area contributed by atoms with Crippen LogP contribution in [0.15, 0.2) is 69.5 Å². The molecule has 1 amide bonds. The van der Waals surface area contributed by atoms with Gasteiger partial charge in [-0.15, -0.1) is 11.3 Å². The van der Waals surface area contributed by atoms with E-state index in [1.807, 2.05) is 29.6 Å². The van der Waals surface area contributed by atoms with Gasteiger partial charge in [-0.3, -0.25) is 4.79 Å². The Morgan fingerprint density at radius 1 is 1.00 bits per heavy atom. The van der Waals surface area contributed by atoms with Crippen LogP contribution in [0.4, 0.5) is 0 Å². The zero-order valence-electron chi connectivity index (χ0n) is 17.3. The van der Waals surface area contributed by atoms with Crippen LogP contribution >= 0.6 is 11.3 Å². The molecule has 31 heavy (non-hydrogen) atoms. The number of rotatable bonds is 8. The molecule has 0 saturated carbocycles. The second-order valence-corrected chi connectivity index (χ2v) is 10.7. The standard InChI is InChI=1S/C23H26N2O4S2/c26-23(24(17-20-6-4-14-29-20)18-21-7-5-15-30-21)16-19-8-10-22(11-9-19)31(27,28)25-12-2-1-3-13-25/h4-11,14-15H,1-3,12-13,16-18H2. The van der Waals surface area contributed by atoms with Crippen molar-refractivity contribution in [2.45, 2.75) is 43.7 Å². The van der Waals surface area contributed by atoms with Crippen molar-refractivity contribution < 1.29 is 17.6 Å².